The van der Waals surface area contributed by atoms with Crippen LogP contribution in [0.25, 0.3) is 0 Å². The first-order chi connectivity index (χ1) is 8.77. The number of nitrogens with zero attached hydrogens (tertiary/aromatic N) is 1. The first-order valence-electron chi connectivity index (χ1n) is 6.41. The van der Waals surface area contributed by atoms with E-state index in [2.05, 4.69) is 0 Å². The van der Waals surface area contributed by atoms with E-state index in [1.165, 1.54) is 11.3 Å². The number of halogens is 1. The second-order valence-electron chi connectivity index (χ2n) is 5.52. The molecule has 0 unspecified atom stereocenters. The molecule has 1 aromatic heterocycles. The van der Waals surface area contributed by atoms with Gasteiger partial charge in [-0.05, 0) is 28.8 Å². The van der Waals surface area contributed by atoms with Gasteiger partial charge in [0.15, 0.2) is 0 Å². The second kappa shape index (κ2) is 7.07. The fourth-order valence-electron chi connectivity index (χ4n) is 1.77. The van der Waals surface area contributed by atoms with Gasteiger partial charge in [0.25, 0.3) is 10.0 Å². The summed E-state index contributed by atoms with van der Waals surface area (Å²) in [6, 6.07) is 1.68. The molecule has 0 saturated heterocycles. The molecule has 0 spiro atoms. The quantitative estimate of drug-likeness (QED) is 0.716. The highest BCUT2D eigenvalue weighted by molar-refractivity contribution is 7.91. The molecule has 3 nitrogen and oxygen atoms in total. The highest BCUT2D eigenvalue weighted by Gasteiger charge is 2.27. The molecule has 0 aliphatic carbocycles. The molecule has 1 aromatic rings. The summed E-state index contributed by atoms with van der Waals surface area (Å²) < 4.78 is 27.2. The van der Waals surface area contributed by atoms with Crippen molar-refractivity contribution in [3.63, 3.8) is 0 Å². The maximum Gasteiger partial charge on any atom is 0.252 e. The summed E-state index contributed by atoms with van der Waals surface area (Å²) in [5, 5.41) is 1.81. The molecule has 0 aliphatic heterocycles. The van der Waals surface area contributed by atoms with Crippen LogP contribution in [0.4, 0.5) is 0 Å². The second-order valence-corrected chi connectivity index (χ2v) is 8.86. The van der Waals surface area contributed by atoms with Gasteiger partial charge in [0.1, 0.15) is 4.21 Å². The Morgan fingerprint density at radius 2 is 1.74 bits per heavy atom. The van der Waals surface area contributed by atoms with Gasteiger partial charge in [-0.15, -0.1) is 22.9 Å². The van der Waals surface area contributed by atoms with Crippen molar-refractivity contribution in [2.24, 2.45) is 11.8 Å². The van der Waals surface area contributed by atoms with Crippen molar-refractivity contribution in [2.45, 2.75) is 37.8 Å². The van der Waals surface area contributed by atoms with Gasteiger partial charge in [0.2, 0.25) is 0 Å². The zero-order chi connectivity index (χ0) is 14.6. The van der Waals surface area contributed by atoms with Gasteiger partial charge in [-0.1, -0.05) is 27.7 Å². The van der Waals surface area contributed by atoms with Gasteiger partial charge in [-0.2, -0.15) is 4.31 Å². The monoisotopic (exact) mass is 323 g/mol. The van der Waals surface area contributed by atoms with Crippen LogP contribution in [0, 0.1) is 11.8 Å². The average molecular weight is 324 g/mol. The molecule has 6 heteroatoms. The predicted octanol–water partition coefficient (Wildman–Crippen LogP) is 3.79. The molecule has 0 amide bonds. The Morgan fingerprint density at radius 1 is 1.21 bits per heavy atom. The van der Waals surface area contributed by atoms with Crippen molar-refractivity contribution in [2.75, 3.05) is 13.1 Å². The van der Waals surface area contributed by atoms with Gasteiger partial charge < -0.3 is 0 Å². The highest BCUT2D eigenvalue weighted by Crippen LogP contribution is 2.26. The number of alkyl halides is 1. The van der Waals surface area contributed by atoms with Crippen LogP contribution in [0.5, 0.6) is 0 Å². The Morgan fingerprint density at radius 3 is 2.11 bits per heavy atom. The molecule has 0 aromatic carbocycles. The third-order valence-corrected chi connectivity index (χ3v) is 6.12. The standard InChI is InChI=1S/C13H22ClNO2S2/c1-10(2)7-15(8-11(3)4)19(16,17)13-5-12(6-14)9-18-13/h5,9-11H,6-8H2,1-4H3. The van der Waals surface area contributed by atoms with Crippen LogP contribution in [0.1, 0.15) is 33.3 Å². The third kappa shape index (κ3) is 4.74. The number of thiophene rings is 1. The van der Waals surface area contributed by atoms with Gasteiger partial charge in [0.05, 0.1) is 0 Å². The first kappa shape index (κ1) is 17.0. The topological polar surface area (TPSA) is 37.4 Å². The molecule has 1 heterocycles. The summed E-state index contributed by atoms with van der Waals surface area (Å²) in [6.07, 6.45) is 0. The molecule has 19 heavy (non-hydrogen) atoms. The molecular weight excluding hydrogens is 302 g/mol. The lowest BCUT2D eigenvalue weighted by Gasteiger charge is -2.24. The molecule has 0 fully saturated rings. The average Bonchev–Trinajstić information content (AvgIpc) is 2.75. The maximum absolute atomic E-state index is 12.6. The normalized spacial score (nSPS) is 12.8. The minimum Gasteiger partial charge on any atom is -0.206 e. The third-order valence-electron chi connectivity index (χ3n) is 2.52. The summed E-state index contributed by atoms with van der Waals surface area (Å²) in [7, 11) is -3.39. The minimum atomic E-state index is -3.39. The fraction of sp³-hybridized carbons (Fsp3) is 0.692. The van der Waals surface area contributed by atoms with E-state index in [0.717, 1.165) is 5.56 Å². The van der Waals surface area contributed by atoms with E-state index in [4.69, 9.17) is 11.6 Å². The summed E-state index contributed by atoms with van der Waals surface area (Å²) in [5.74, 6) is 0.961. The largest absolute Gasteiger partial charge is 0.252 e. The van der Waals surface area contributed by atoms with Crippen molar-refractivity contribution in [3.05, 3.63) is 17.0 Å². The Labute approximate surface area is 125 Å². The smallest absolute Gasteiger partial charge is 0.206 e. The van der Waals surface area contributed by atoms with E-state index >= 15 is 0 Å². The Balaban J connectivity index is 3.03. The van der Waals surface area contributed by atoms with E-state index in [1.54, 1.807) is 10.4 Å². The van der Waals surface area contributed by atoms with Gasteiger partial charge >= 0.3 is 0 Å². The summed E-state index contributed by atoms with van der Waals surface area (Å²) >= 11 is 6.99. The zero-order valence-electron chi connectivity index (χ0n) is 11.9. The molecule has 0 saturated carbocycles. The van der Waals surface area contributed by atoms with Gasteiger partial charge in [0, 0.05) is 19.0 Å². The van der Waals surface area contributed by atoms with E-state index in [1.807, 2.05) is 33.1 Å². The zero-order valence-corrected chi connectivity index (χ0v) is 14.3. The fourth-order valence-corrected chi connectivity index (χ4v) is 5.15. The molecule has 0 bridgehead atoms. The maximum atomic E-state index is 12.6. The van der Waals surface area contributed by atoms with Crippen LogP contribution < -0.4 is 0 Å². The van der Waals surface area contributed by atoms with Crippen LogP contribution in [0.3, 0.4) is 0 Å². The minimum absolute atomic E-state index is 0.306. The van der Waals surface area contributed by atoms with Crippen LogP contribution >= 0.6 is 22.9 Å². The summed E-state index contributed by atoms with van der Waals surface area (Å²) in [5.41, 5.74) is 0.860. The lowest BCUT2D eigenvalue weighted by molar-refractivity contribution is 0.334. The number of hydrogen-bond donors (Lipinski definition) is 0. The lowest BCUT2D eigenvalue weighted by Crippen LogP contribution is -2.36. The van der Waals surface area contributed by atoms with E-state index in [9.17, 15) is 8.42 Å². The number of sulfonamides is 1. The molecule has 0 radical (unpaired) electrons. The highest BCUT2D eigenvalue weighted by atomic mass is 35.5. The number of rotatable bonds is 7. The van der Waals surface area contributed by atoms with Gasteiger partial charge in [-0.25, -0.2) is 8.42 Å². The van der Waals surface area contributed by atoms with Crippen molar-refractivity contribution in [1.29, 1.82) is 0 Å². The summed E-state index contributed by atoms with van der Waals surface area (Å²) in [6.45, 7) is 9.22. The van der Waals surface area contributed by atoms with E-state index < -0.39 is 10.0 Å². The Kier molecular flexibility index (Phi) is 6.30. The predicted molar refractivity (Wildman–Crippen MR) is 82.3 cm³/mol. The molecule has 1 rings (SSSR count). The SMILES string of the molecule is CC(C)CN(CC(C)C)S(=O)(=O)c1cc(CCl)cs1. The lowest BCUT2D eigenvalue weighted by atomic mass is 10.2. The molecule has 110 valence electrons. The Hall–Kier alpha value is -0.100. The van der Waals surface area contributed by atoms with Crippen molar-refractivity contribution >= 4 is 33.0 Å². The molecule has 0 atom stereocenters. The van der Waals surface area contributed by atoms with Gasteiger partial charge in [-0.3, -0.25) is 0 Å². The van der Waals surface area contributed by atoms with Crippen molar-refractivity contribution < 1.29 is 8.42 Å². The van der Waals surface area contributed by atoms with Crippen LogP contribution in [-0.4, -0.2) is 25.8 Å². The molecule has 0 aliphatic rings. The summed E-state index contributed by atoms with van der Waals surface area (Å²) in [4.78, 5) is 0. The Bertz CT molecular complexity index is 484. The first-order valence-corrected chi connectivity index (χ1v) is 9.26. The van der Waals surface area contributed by atoms with Crippen LogP contribution in [-0.2, 0) is 15.9 Å². The van der Waals surface area contributed by atoms with Crippen molar-refractivity contribution in [3.8, 4) is 0 Å². The van der Waals surface area contributed by atoms with E-state index in [0.29, 0.717) is 35.0 Å². The van der Waals surface area contributed by atoms with Crippen LogP contribution in [0.15, 0.2) is 15.7 Å². The van der Waals surface area contributed by atoms with Crippen molar-refractivity contribution in [1.82, 2.24) is 4.31 Å². The number of hydrogen-bond acceptors (Lipinski definition) is 3. The molecule has 0 N–H and O–H groups in total. The van der Waals surface area contributed by atoms with Crippen LogP contribution in [0.2, 0.25) is 0 Å². The molecular formula is C13H22ClNO2S2. The van der Waals surface area contributed by atoms with E-state index in [-0.39, 0.29) is 0 Å².